The molecule has 1 aromatic heterocycles. The first kappa shape index (κ1) is 19.4. The SMILES string of the molecule is O=C1CCCN1CC(=O)N1CCC(c2nc(CCOCC3CCCC3)no2)C1. The summed E-state index contributed by atoms with van der Waals surface area (Å²) in [6.07, 6.45) is 8.12. The Morgan fingerprint density at radius 1 is 1.18 bits per heavy atom. The summed E-state index contributed by atoms with van der Waals surface area (Å²) < 4.78 is 11.2. The Balaban J connectivity index is 1.19. The maximum atomic E-state index is 12.5. The number of carbonyl (C=O) groups excluding carboxylic acids is 2. The van der Waals surface area contributed by atoms with E-state index in [9.17, 15) is 9.59 Å². The number of aromatic nitrogens is 2. The van der Waals surface area contributed by atoms with Gasteiger partial charge >= 0.3 is 0 Å². The molecule has 0 aromatic carbocycles. The van der Waals surface area contributed by atoms with Crippen molar-refractivity contribution in [2.45, 2.75) is 57.3 Å². The monoisotopic (exact) mass is 390 g/mol. The first-order valence-electron chi connectivity index (χ1n) is 10.6. The summed E-state index contributed by atoms with van der Waals surface area (Å²) in [5.41, 5.74) is 0. The van der Waals surface area contributed by atoms with E-state index in [4.69, 9.17) is 9.26 Å². The van der Waals surface area contributed by atoms with Gasteiger partial charge < -0.3 is 19.1 Å². The predicted molar refractivity (Wildman–Crippen MR) is 101 cm³/mol. The highest BCUT2D eigenvalue weighted by atomic mass is 16.5. The average Bonchev–Trinajstić information content (AvgIpc) is 3.47. The second-order valence-electron chi connectivity index (χ2n) is 8.27. The molecule has 8 heteroatoms. The molecule has 4 rings (SSSR count). The highest BCUT2D eigenvalue weighted by molar-refractivity contribution is 5.86. The van der Waals surface area contributed by atoms with E-state index >= 15 is 0 Å². The van der Waals surface area contributed by atoms with Crippen LogP contribution < -0.4 is 0 Å². The van der Waals surface area contributed by atoms with Gasteiger partial charge in [-0.15, -0.1) is 0 Å². The van der Waals surface area contributed by atoms with Crippen LogP contribution in [0, 0.1) is 5.92 Å². The molecule has 1 saturated carbocycles. The largest absolute Gasteiger partial charge is 0.381 e. The van der Waals surface area contributed by atoms with Gasteiger partial charge in [0.25, 0.3) is 0 Å². The number of carbonyl (C=O) groups is 2. The molecule has 2 amide bonds. The van der Waals surface area contributed by atoms with E-state index in [1.807, 2.05) is 4.90 Å². The summed E-state index contributed by atoms with van der Waals surface area (Å²) in [6, 6.07) is 0. The maximum absolute atomic E-state index is 12.5. The molecule has 2 aliphatic heterocycles. The second kappa shape index (κ2) is 9.03. The van der Waals surface area contributed by atoms with Gasteiger partial charge in [0.15, 0.2) is 5.82 Å². The number of rotatable bonds is 8. The Hall–Kier alpha value is -1.96. The third-order valence-corrected chi connectivity index (χ3v) is 6.17. The van der Waals surface area contributed by atoms with Crippen molar-refractivity contribution in [1.29, 1.82) is 0 Å². The minimum Gasteiger partial charge on any atom is -0.381 e. The quantitative estimate of drug-likeness (QED) is 0.629. The molecule has 1 unspecified atom stereocenters. The molecule has 1 aliphatic carbocycles. The smallest absolute Gasteiger partial charge is 0.242 e. The summed E-state index contributed by atoms with van der Waals surface area (Å²) >= 11 is 0. The molecule has 0 N–H and O–H groups in total. The molecule has 0 spiro atoms. The number of likely N-dealkylation sites (tertiary alicyclic amines) is 2. The van der Waals surface area contributed by atoms with Gasteiger partial charge in [0.1, 0.15) is 0 Å². The summed E-state index contributed by atoms with van der Waals surface area (Å²) in [5.74, 6) is 2.18. The van der Waals surface area contributed by atoms with E-state index in [2.05, 4.69) is 10.1 Å². The maximum Gasteiger partial charge on any atom is 0.242 e. The number of hydrogen-bond donors (Lipinski definition) is 0. The zero-order valence-corrected chi connectivity index (χ0v) is 16.5. The first-order valence-corrected chi connectivity index (χ1v) is 10.6. The van der Waals surface area contributed by atoms with Gasteiger partial charge in [-0.05, 0) is 31.6 Å². The fourth-order valence-corrected chi connectivity index (χ4v) is 4.45. The molecule has 28 heavy (non-hydrogen) atoms. The molecular formula is C20H30N4O4. The van der Waals surface area contributed by atoms with Crippen LogP contribution in [0.2, 0.25) is 0 Å². The number of hydrogen-bond acceptors (Lipinski definition) is 6. The fraction of sp³-hybridized carbons (Fsp3) is 0.800. The van der Waals surface area contributed by atoms with Gasteiger partial charge in [-0.2, -0.15) is 4.98 Å². The third kappa shape index (κ3) is 4.71. The molecule has 2 saturated heterocycles. The second-order valence-corrected chi connectivity index (χ2v) is 8.27. The topological polar surface area (TPSA) is 88.8 Å². The molecule has 3 aliphatic rings. The van der Waals surface area contributed by atoms with Crippen LogP contribution in [0.15, 0.2) is 4.52 Å². The van der Waals surface area contributed by atoms with Crippen molar-refractivity contribution in [2.75, 3.05) is 39.4 Å². The van der Waals surface area contributed by atoms with E-state index in [1.165, 1.54) is 25.7 Å². The lowest BCUT2D eigenvalue weighted by atomic mass is 10.1. The van der Waals surface area contributed by atoms with Crippen LogP contribution >= 0.6 is 0 Å². The van der Waals surface area contributed by atoms with Gasteiger partial charge in [0.2, 0.25) is 17.7 Å². The minimum absolute atomic E-state index is 0.0119. The lowest BCUT2D eigenvalue weighted by Crippen LogP contribution is -2.39. The normalized spacial score (nSPS) is 23.3. The fourth-order valence-electron chi connectivity index (χ4n) is 4.45. The highest BCUT2D eigenvalue weighted by Crippen LogP contribution is 2.27. The van der Waals surface area contributed by atoms with Gasteiger partial charge in [-0.1, -0.05) is 18.0 Å². The van der Waals surface area contributed by atoms with Crippen LogP contribution in [0.25, 0.3) is 0 Å². The van der Waals surface area contributed by atoms with Crippen LogP contribution in [-0.2, 0) is 20.7 Å². The average molecular weight is 390 g/mol. The van der Waals surface area contributed by atoms with Crippen LogP contribution in [0.3, 0.4) is 0 Å². The lowest BCUT2D eigenvalue weighted by molar-refractivity contribution is -0.137. The summed E-state index contributed by atoms with van der Waals surface area (Å²) in [4.78, 5) is 32.1. The summed E-state index contributed by atoms with van der Waals surface area (Å²) in [5, 5.41) is 4.07. The Labute approximate surface area is 165 Å². The molecule has 0 radical (unpaired) electrons. The summed E-state index contributed by atoms with van der Waals surface area (Å²) in [7, 11) is 0. The predicted octanol–water partition coefficient (Wildman–Crippen LogP) is 1.76. The Morgan fingerprint density at radius 2 is 2.04 bits per heavy atom. The molecule has 1 atom stereocenters. The highest BCUT2D eigenvalue weighted by Gasteiger charge is 2.33. The van der Waals surface area contributed by atoms with Crippen molar-refractivity contribution in [3.8, 4) is 0 Å². The molecule has 0 bridgehead atoms. The van der Waals surface area contributed by atoms with Crippen LogP contribution in [0.1, 0.15) is 62.6 Å². The number of ether oxygens (including phenoxy) is 1. The van der Waals surface area contributed by atoms with E-state index in [1.54, 1.807) is 4.90 Å². The Morgan fingerprint density at radius 3 is 2.82 bits per heavy atom. The van der Waals surface area contributed by atoms with E-state index in [0.717, 1.165) is 25.4 Å². The van der Waals surface area contributed by atoms with Gasteiger partial charge in [-0.25, -0.2) is 0 Å². The van der Waals surface area contributed by atoms with Gasteiger partial charge in [0.05, 0.1) is 19.1 Å². The van der Waals surface area contributed by atoms with Crippen molar-refractivity contribution in [3.63, 3.8) is 0 Å². The number of nitrogens with zero attached hydrogens (tertiary/aromatic N) is 4. The molecule has 3 fully saturated rings. The van der Waals surface area contributed by atoms with E-state index in [-0.39, 0.29) is 24.3 Å². The van der Waals surface area contributed by atoms with Crippen LogP contribution in [0.4, 0.5) is 0 Å². The standard InChI is InChI=1S/C20H30N4O4/c25-18-6-3-9-23(18)13-19(26)24-10-7-16(12-24)20-21-17(22-28-20)8-11-27-14-15-4-1-2-5-15/h15-16H,1-14H2. The molecular weight excluding hydrogens is 360 g/mol. The zero-order valence-electron chi connectivity index (χ0n) is 16.5. The van der Waals surface area contributed by atoms with Crippen molar-refractivity contribution in [2.24, 2.45) is 5.92 Å². The van der Waals surface area contributed by atoms with Crippen LogP contribution in [0.5, 0.6) is 0 Å². The summed E-state index contributed by atoms with van der Waals surface area (Å²) in [6.45, 7) is 3.60. The Kier molecular flexibility index (Phi) is 6.24. The van der Waals surface area contributed by atoms with E-state index < -0.39 is 0 Å². The van der Waals surface area contributed by atoms with Crippen LogP contribution in [-0.4, -0.2) is 71.1 Å². The van der Waals surface area contributed by atoms with Crippen molar-refractivity contribution in [1.82, 2.24) is 19.9 Å². The molecule has 3 heterocycles. The van der Waals surface area contributed by atoms with Crippen molar-refractivity contribution >= 4 is 11.8 Å². The first-order chi connectivity index (χ1) is 13.7. The third-order valence-electron chi connectivity index (χ3n) is 6.17. The molecule has 154 valence electrons. The van der Waals surface area contributed by atoms with Crippen molar-refractivity contribution in [3.05, 3.63) is 11.7 Å². The molecule has 8 nitrogen and oxygen atoms in total. The van der Waals surface area contributed by atoms with E-state index in [0.29, 0.717) is 50.8 Å². The van der Waals surface area contributed by atoms with Crippen molar-refractivity contribution < 1.29 is 18.8 Å². The molecule has 1 aromatic rings. The number of amides is 2. The zero-order chi connectivity index (χ0) is 19.3. The van der Waals surface area contributed by atoms with Gasteiger partial charge in [-0.3, -0.25) is 9.59 Å². The van der Waals surface area contributed by atoms with Gasteiger partial charge in [0, 0.05) is 39.1 Å². The Bertz CT molecular complexity index is 686. The minimum atomic E-state index is 0.0119. The lowest BCUT2D eigenvalue weighted by Gasteiger charge is -2.20.